The summed E-state index contributed by atoms with van der Waals surface area (Å²) in [6, 6.07) is 12.7. The Kier molecular flexibility index (Phi) is 4.85. The summed E-state index contributed by atoms with van der Waals surface area (Å²) < 4.78 is 0. The van der Waals surface area contributed by atoms with Crippen LogP contribution >= 0.6 is 11.6 Å². The maximum absolute atomic E-state index is 13.0. The van der Waals surface area contributed by atoms with Crippen LogP contribution in [0.2, 0.25) is 5.02 Å². The van der Waals surface area contributed by atoms with Crippen LogP contribution in [0.15, 0.2) is 42.5 Å². The van der Waals surface area contributed by atoms with Crippen molar-refractivity contribution in [2.24, 2.45) is 0 Å². The number of carbonyl (C=O) groups excluding carboxylic acids is 1. The molecular weight excluding hydrogens is 366 g/mol. The molecule has 0 radical (unpaired) electrons. The summed E-state index contributed by atoms with van der Waals surface area (Å²) in [6.07, 6.45) is 2.76. The molecule has 2 aromatic carbocycles. The van der Waals surface area contributed by atoms with Crippen molar-refractivity contribution in [2.45, 2.75) is 25.3 Å². The highest BCUT2D eigenvalue weighted by atomic mass is 35.5. The Balaban J connectivity index is 1.52. The second-order valence-electron chi connectivity index (χ2n) is 7.05. The first kappa shape index (κ1) is 17.9. The lowest BCUT2D eigenvalue weighted by Crippen LogP contribution is -2.39. The van der Waals surface area contributed by atoms with Crippen molar-refractivity contribution >= 4 is 28.9 Å². The van der Waals surface area contributed by atoms with Crippen LogP contribution < -0.4 is 4.90 Å². The lowest BCUT2D eigenvalue weighted by molar-refractivity contribution is -0.384. The molecule has 4 rings (SSSR count). The number of hydrogen-bond donors (Lipinski definition) is 0. The van der Waals surface area contributed by atoms with E-state index in [1.807, 2.05) is 24.3 Å². The lowest BCUT2D eigenvalue weighted by Gasteiger charge is -2.27. The van der Waals surface area contributed by atoms with Crippen LogP contribution in [0, 0.1) is 10.1 Å². The molecule has 0 N–H and O–H groups in total. The fourth-order valence-electron chi connectivity index (χ4n) is 4.11. The van der Waals surface area contributed by atoms with E-state index in [9.17, 15) is 14.9 Å². The third-order valence-electron chi connectivity index (χ3n) is 5.41. The molecule has 1 amide bonds. The van der Waals surface area contributed by atoms with Crippen molar-refractivity contribution in [3.63, 3.8) is 0 Å². The third kappa shape index (κ3) is 3.55. The topological polar surface area (TPSA) is 66.7 Å². The summed E-state index contributed by atoms with van der Waals surface area (Å²) in [6.45, 7) is 1.74. The molecule has 27 heavy (non-hydrogen) atoms. The van der Waals surface area contributed by atoms with Gasteiger partial charge in [-0.2, -0.15) is 0 Å². The average Bonchev–Trinajstić information content (AvgIpc) is 3.27. The van der Waals surface area contributed by atoms with Gasteiger partial charge in [-0.25, -0.2) is 0 Å². The van der Waals surface area contributed by atoms with E-state index in [2.05, 4.69) is 4.90 Å². The molecule has 0 spiro atoms. The number of non-ortho nitro benzene ring substituents is 1. The molecule has 0 saturated carbocycles. The zero-order valence-corrected chi connectivity index (χ0v) is 15.6. The first-order valence-electron chi connectivity index (χ1n) is 9.10. The molecule has 2 aliphatic heterocycles. The molecule has 1 atom stereocenters. The highest BCUT2D eigenvalue weighted by Gasteiger charge is 2.32. The van der Waals surface area contributed by atoms with Gasteiger partial charge in [-0.1, -0.05) is 29.8 Å². The molecule has 7 heteroatoms. The number of likely N-dealkylation sites (tertiary alicyclic amines) is 1. The van der Waals surface area contributed by atoms with E-state index >= 15 is 0 Å². The van der Waals surface area contributed by atoms with Crippen LogP contribution in [-0.2, 0) is 11.2 Å². The molecule has 6 nitrogen and oxygen atoms in total. The molecule has 1 fully saturated rings. The SMILES string of the molecule is O=C(CN1CCCC1c1cccc(Cl)c1)N1CCc2ccc([N+](=O)[O-])cc21. The van der Waals surface area contributed by atoms with E-state index in [1.165, 1.54) is 12.1 Å². The monoisotopic (exact) mass is 385 g/mol. The van der Waals surface area contributed by atoms with Gasteiger partial charge in [-0.3, -0.25) is 19.8 Å². The van der Waals surface area contributed by atoms with Crippen LogP contribution in [-0.4, -0.2) is 35.4 Å². The first-order chi connectivity index (χ1) is 13.0. The van der Waals surface area contributed by atoms with Crippen molar-refractivity contribution < 1.29 is 9.72 Å². The van der Waals surface area contributed by atoms with Gasteiger partial charge in [0.05, 0.1) is 17.2 Å². The van der Waals surface area contributed by atoms with E-state index in [1.54, 1.807) is 11.0 Å². The van der Waals surface area contributed by atoms with E-state index < -0.39 is 4.92 Å². The van der Waals surface area contributed by atoms with Gasteiger partial charge in [0.25, 0.3) is 5.69 Å². The van der Waals surface area contributed by atoms with Gasteiger partial charge in [0.2, 0.25) is 5.91 Å². The minimum atomic E-state index is -0.420. The second kappa shape index (κ2) is 7.29. The van der Waals surface area contributed by atoms with Crippen molar-refractivity contribution in [3.8, 4) is 0 Å². The molecule has 2 aliphatic rings. The Morgan fingerprint density at radius 3 is 2.85 bits per heavy atom. The number of benzene rings is 2. The minimum Gasteiger partial charge on any atom is -0.310 e. The standard InChI is InChI=1S/C20H20ClN3O3/c21-16-4-1-3-15(11-16)18-5-2-9-22(18)13-20(25)23-10-8-14-6-7-17(24(26)27)12-19(14)23/h1,3-4,6-7,11-12,18H,2,5,8-10,13H2. The molecule has 0 bridgehead atoms. The largest absolute Gasteiger partial charge is 0.310 e. The van der Waals surface area contributed by atoms with E-state index in [-0.39, 0.29) is 17.6 Å². The average molecular weight is 386 g/mol. The van der Waals surface area contributed by atoms with E-state index in [0.717, 1.165) is 36.9 Å². The molecule has 0 aromatic heterocycles. The zero-order chi connectivity index (χ0) is 19.0. The number of halogens is 1. The van der Waals surface area contributed by atoms with Gasteiger partial charge in [0, 0.05) is 29.7 Å². The number of nitro benzene ring substituents is 1. The van der Waals surface area contributed by atoms with Gasteiger partial charge in [-0.15, -0.1) is 0 Å². The van der Waals surface area contributed by atoms with Crippen molar-refractivity contribution in [1.82, 2.24) is 4.90 Å². The van der Waals surface area contributed by atoms with Crippen molar-refractivity contribution in [1.29, 1.82) is 0 Å². The molecule has 2 heterocycles. The van der Waals surface area contributed by atoms with Crippen molar-refractivity contribution in [3.05, 3.63) is 68.7 Å². The molecular formula is C20H20ClN3O3. The van der Waals surface area contributed by atoms with Crippen LogP contribution in [0.3, 0.4) is 0 Å². The number of rotatable bonds is 4. The summed E-state index contributed by atoms with van der Waals surface area (Å²) in [5.41, 5.74) is 2.81. The maximum atomic E-state index is 13.0. The number of anilines is 1. The van der Waals surface area contributed by atoms with E-state index in [0.29, 0.717) is 23.8 Å². The van der Waals surface area contributed by atoms with Crippen molar-refractivity contribution in [2.75, 3.05) is 24.5 Å². The molecule has 1 unspecified atom stereocenters. The minimum absolute atomic E-state index is 0.0109. The molecule has 0 aliphatic carbocycles. The number of nitrogens with zero attached hydrogens (tertiary/aromatic N) is 3. The number of fused-ring (bicyclic) bond motifs is 1. The summed E-state index contributed by atoms with van der Waals surface area (Å²) in [4.78, 5) is 27.5. The van der Waals surface area contributed by atoms with Crippen LogP contribution in [0.25, 0.3) is 0 Å². The summed E-state index contributed by atoms with van der Waals surface area (Å²) >= 11 is 6.13. The Morgan fingerprint density at radius 2 is 2.07 bits per heavy atom. The number of carbonyl (C=O) groups is 1. The summed E-state index contributed by atoms with van der Waals surface area (Å²) in [5, 5.41) is 11.8. The molecule has 140 valence electrons. The fourth-order valence-corrected chi connectivity index (χ4v) is 4.30. The summed E-state index contributed by atoms with van der Waals surface area (Å²) in [7, 11) is 0. The highest BCUT2D eigenvalue weighted by molar-refractivity contribution is 6.30. The zero-order valence-electron chi connectivity index (χ0n) is 14.8. The second-order valence-corrected chi connectivity index (χ2v) is 7.49. The lowest BCUT2D eigenvalue weighted by atomic mass is 10.0. The van der Waals surface area contributed by atoms with E-state index in [4.69, 9.17) is 11.6 Å². The Hall–Kier alpha value is -2.44. The highest BCUT2D eigenvalue weighted by Crippen LogP contribution is 2.35. The predicted octanol–water partition coefficient (Wildman–Crippen LogP) is 3.97. The Labute approximate surface area is 162 Å². The maximum Gasteiger partial charge on any atom is 0.271 e. The van der Waals surface area contributed by atoms with Gasteiger partial charge in [0.15, 0.2) is 0 Å². The van der Waals surface area contributed by atoms with Gasteiger partial charge < -0.3 is 4.90 Å². The van der Waals surface area contributed by atoms with Gasteiger partial charge in [-0.05, 0) is 49.1 Å². The third-order valence-corrected chi connectivity index (χ3v) is 5.65. The number of nitro groups is 1. The Bertz CT molecular complexity index is 902. The number of hydrogen-bond acceptors (Lipinski definition) is 4. The molecule has 2 aromatic rings. The predicted molar refractivity (Wildman–Crippen MR) is 104 cm³/mol. The van der Waals surface area contributed by atoms with Gasteiger partial charge >= 0.3 is 0 Å². The smallest absolute Gasteiger partial charge is 0.271 e. The molecule has 1 saturated heterocycles. The quantitative estimate of drug-likeness (QED) is 0.590. The normalized spacial score (nSPS) is 19.3. The Morgan fingerprint density at radius 1 is 1.22 bits per heavy atom. The summed E-state index contributed by atoms with van der Waals surface area (Å²) in [5.74, 6) is -0.0109. The van der Waals surface area contributed by atoms with Crippen LogP contribution in [0.1, 0.15) is 30.0 Å². The van der Waals surface area contributed by atoms with Crippen LogP contribution in [0.4, 0.5) is 11.4 Å². The first-order valence-corrected chi connectivity index (χ1v) is 9.48. The van der Waals surface area contributed by atoms with Gasteiger partial charge in [0.1, 0.15) is 0 Å². The fraction of sp³-hybridized carbons (Fsp3) is 0.350. The number of amides is 1. The van der Waals surface area contributed by atoms with Crippen LogP contribution in [0.5, 0.6) is 0 Å².